The fourth-order valence-corrected chi connectivity index (χ4v) is 5.76. The van der Waals surface area contributed by atoms with Crippen LogP contribution >= 0.6 is 11.3 Å². The van der Waals surface area contributed by atoms with E-state index in [0.717, 1.165) is 10.4 Å². The average molecular weight is 441 g/mol. The maximum Gasteiger partial charge on any atom is 0.252 e. The van der Waals surface area contributed by atoms with Crippen molar-refractivity contribution in [3.8, 4) is 0 Å². The highest BCUT2D eigenvalue weighted by atomic mass is 32.2. The predicted molar refractivity (Wildman–Crippen MR) is 112 cm³/mol. The topological polar surface area (TPSA) is 83.0 Å². The van der Waals surface area contributed by atoms with Crippen molar-refractivity contribution >= 4 is 27.3 Å². The zero-order chi connectivity index (χ0) is 20.9. The second kappa shape index (κ2) is 9.66. The molecule has 29 heavy (non-hydrogen) atoms. The first-order chi connectivity index (χ1) is 13.9. The summed E-state index contributed by atoms with van der Waals surface area (Å²) >= 11 is 1.25. The Morgan fingerprint density at radius 3 is 2.62 bits per heavy atom. The molecule has 158 valence electrons. The molecule has 0 saturated carbocycles. The molecule has 1 saturated heterocycles. The number of rotatable bonds is 6. The van der Waals surface area contributed by atoms with Crippen LogP contribution < -0.4 is 10.6 Å². The van der Waals surface area contributed by atoms with Gasteiger partial charge < -0.3 is 15.4 Å². The predicted octanol–water partition coefficient (Wildman–Crippen LogP) is 2.08. The minimum atomic E-state index is -3.47. The molecule has 1 aliphatic heterocycles. The molecule has 2 N–H and O–H groups in total. The number of halogens is 1. The Morgan fingerprint density at radius 2 is 1.93 bits per heavy atom. The summed E-state index contributed by atoms with van der Waals surface area (Å²) in [6.07, 6.45) is 0. The third-order valence-electron chi connectivity index (χ3n) is 4.54. The lowest BCUT2D eigenvalue weighted by Gasteiger charge is -2.25. The number of ether oxygens (including phenoxy) is 1. The summed E-state index contributed by atoms with van der Waals surface area (Å²) in [6, 6.07) is 8.42. The molecular formula is C19H25FN4O3S2. The molecule has 0 spiro atoms. The summed E-state index contributed by atoms with van der Waals surface area (Å²) in [5, 5.41) is 6.35. The summed E-state index contributed by atoms with van der Waals surface area (Å²) < 4.78 is 45.8. The Hall–Kier alpha value is -2.01. The van der Waals surface area contributed by atoms with Crippen molar-refractivity contribution in [3.63, 3.8) is 0 Å². The van der Waals surface area contributed by atoms with Crippen LogP contribution in [0.3, 0.4) is 0 Å². The van der Waals surface area contributed by atoms with Gasteiger partial charge in [0.15, 0.2) is 5.96 Å². The number of morpholine rings is 1. The van der Waals surface area contributed by atoms with Crippen LogP contribution in [0.2, 0.25) is 0 Å². The number of thiophene rings is 1. The van der Waals surface area contributed by atoms with Crippen molar-refractivity contribution < 1.29 is 17.5 Å². The SMILES string of the molecule is CN=C(NCc1ccc(F)c(C)c1)NCc1ccc(S(=O)(=O)N2CCOCC2)s1. The van der Waals surface area contributed by atoms with Crippen LogP contribution in [0.25, 0.3) is 0 Å². The molecule has 3 rings (SSSR count). The van der Waals surface area contributed by atoms with Gasteiger partial charge in [0.05, 0.1) is 19.8 Å². The van der Waals surface area contributed by atoms with Crippen molar-refractivity contribution in [2.75, 3.05) is 33.4 Å². The van der Waals surface area contributed by atoms with E-state index in [0.29, 0.717) is 55.1 Å². The van der Waals surface area contributed by atoms with Crippen molar-refractivity contribution in [1.29, 1.82) is 0 Å². The largest absolute Gasteiger partial charge is 0.379 e. The van der Waals surface area contributed by atoms with E-state index in [4.69, 9.17) is 4.74 Å². The monoisotopic (exact) mass is 440 g/mol. The number of aryl methyl sites for hydroxylation is 1. The molecule has 0 aliphatic carbocycles. The molecule has 0 radical (unpaired) electrons. The first-order valence-corrected chi connectivity index (χ1v) is 11.5. The Morgan fingerprint density at radius 1 is 1.21 bits per heavy atom. The van der Waals surface area contributed by atoms with Crippen molar-refractivity contribution in [2.24, 2.45) is 4.99 Å². The quantitative estimate of drug-likeness (QED) is 0.531. The molecule has 10 heteroatoms. The van der Waals surface area contributed by atoms with E-state index in [2.05, 4.69) is 15.6 Å². The van der Waals surface area contributed by atoms with Crippen LogP contribution in [0.5, 0.6) is 0 Å². The van der Waals surface area contributed by atoms with E-state index in [1.807, 2.05) is 6.07 Å². The molecular weight excluding hydrogens is 415 g/mol. The lowest BCUT2D eigenvalue weighted by molar-refractivity contribution is 0.0731. The van der Waals surface area contributed by atoms with E-state index >= 15 is 0 Å². The molecule has 1 fully saturated rings. The van der Waals surface area contributed by atoms with E-state index in [9.17, 15) is 12.8 Å². The van der Waals surface area contributed by atoms with Gasteiger partial charge in [0, 0.05) is 31.6 Å². The number of hydrogen-bond donors (Lipinski definition) is 2. The third-order valence-corrected chi connectivity index (χ3v) is 7.99. The zero-order valence-electron chi connectivity index (χ0n) is 16.4. The Balaban J connectivity index is 1.55. The van der Waals surface area contributed by atoms with Gasteiger partial charge in [-0.3, -0.25) is 4.99 Å². The van der Waals surface area contributed by atoms with Gasteiger partial charge in [0.25, 0.3) is 10.0 Å². The molecule has 7 nitrogen and oxygen atoms in total. The number of nitrogens with zero attached hydrogens (tertiary/aromatic N) is 2. The molecule has 1 aromatic heterocycles. The lowest BCUT2D eigenvalue weighted by Crippen LogP contribution is -2.40. The number of hydrogen-bond acceptors (Lipinski definition) is 5. The third kappa shape index (κ3) is 5.53. The highest BCUT2D eigenvalue weighted by Gasteiger charge is 2.27. The van der Waals surface area contributed by atoms with E-state index in [-0.39, 0.29) is 5.82 Å². The van der Waals surface area contributed by atoms with Gasteiger partial charge in [0.2, 0.25) is 0 Å². The average Bonchev–Trinajstić information content (AvgIpc) is 3.21. The van der Waals surface area contributed by atoms with E-state index in [1.54, 1.807) is 32.2 Å². The maximum atomic E-state index is 13.4. The van der Waals surface area contributed by atoms with E-state index in [1.165, 1.54) is 21.7 Å². The number of sulfonamides is 1. The Labute approximate surface area is 174 Å². The minimum Gasteiger partial charge on any atom is -0.379 e. The van der Waals surface area contributed by atoms with Gasteiger partial charge in [-0.2, -0.15) is 4.31 Å². The van der Waals surface area contributed by atoms with Gasteiger partial charge in [-0.1, -0.05) is 12.1 Å². The van der Waals surface area contributed by atoms with Gasteiger partial charge in [-0.15, -0.1) is 11.3 Å². The standard InChI is InChI=1S/C19H25FN4O3S2/c1-14-11-15(3-5-17(14)20)12-22-19(21-2)23-13-16-4-6-18(28-16)29(25,26)24-7-9-27-10-8-24/h3-6,11H,7-10,12-13H2,1-2H3,(H2,21,22,23). The van der Waals surface area contributed by atoms with Crippen LogP contribution in [-0.2, 0) is 27.8 Å². The summed E-state index contributed by atoms with van der Waals surface area (Å²) in [7, 11) is -1.81. The molecule has 0 unspecified atom stereocenters. The normalized spacial score (nSPS) is 16.0. The van der Waals surface area contributed by atoms with Crippen molar-refractivity contribution in [2.45, 2.75) is 24.2 Å². The summed E-state index contributed by atoms with van der Waals surface area (Å²) in [5.74, 6) is 0.356. The molecule has 1 aromatic carbocycles. The summed E-state index contributed by atoms with van der Waals surface area (Å²) in [4.78, 5) is 5.06. The van der Waals surface area contributed by atoms with Crippen LogP contribution in [0.15, 0.2) is 39.5 Å². The maximum absolute atomic E-state index is 13.4. The fraction of sp³-hybridized carbons (Fsp3) is 0.421. The lowest BCUT2D eigenvalue weighted by atomic mass is 10.1. The van der Waals surface area contributed by atoms with Crippen LogP contribution in [0.1, 0.15) is 16.0 Å². The second-order valence-corrected chi connectivity index (χ2v) is 9.93. The van der Waals surface area contributed by atoms with Gasteiger partial charge >= 0.3 is 0 Å². The minimum absolute atomic E-state index is 0.225. The van der Waals surface area contributed by atoms with Crippen LogP contribution in [0, 0.1) is 12.7 Å². The van der Waals surface area contributed by atoms with Crippen molar-refractivity contribution in [3.05, 3.63) is 52.2 Å². The van der Waals surface area contributed by atoms with Crippen molar-refractivity contribution in [1.82, 2.24) is 14.9 Å². The molecule has 0 amide bonds. The number of nitrogens with one attached hydrogen (secondary N) is 2. The van der Waals surface area contributed by atoms with Gasteiger partial charge in [0.1, 0.15) is 10.0 Å². The number of aliphatic imine (C=N–C) groups is 1. The fourth-order valence-electron chi connectivity index (χ4n) is 2.90. The van der Waals surface area contributed by atoms with Crippen LogP contribution in [-0.4, -0.2) is 52.0 Å². The van der Waals surface area contributed by atoms with Gasteiger partial charge in [-0.05, 0) is 36.2 Å². The highest BCUT2D eigenvalue weighted by molar-refractivity contribution is 7.91. The smallest absolute Gasteiger partial charge is 0.252 e. The first-order valence-electron chi connectivity index (χ1n) is 9.26. The molecule has 0 atom stereocenters. The Bertz CT molecular complexity index is 970. The van der Waals surface area contributed by atoms with Gasteiger partial charge in [-0.25, -0.2) is 12.8 Å². The summed E-state index contributed by atoms with van der Waals surface area (Å²) in [5.41, 5.74) is 1.54. The van der Waals surface area contributed by atoms with Crippen LogP contribution in [0.4, 0.5) is 4.39 Å². The molecule has 2 heterocycles. The first kappa shape index (κ1) is 21.7. The highest BCUT2D eigenvalue weighted by Crippen LogP contribution is 2.25. The molecule has 1 aliphatic rings. The Kier molecular flexibility index (Phi) is 7.23. The zero-order valence-corrected chi connectivity index (χ0v) is 18.1. The van der Waals surface area contributed by atoms with E-state index < -0.39 is 10.0 Å². The second-order valence-electron chi connectivity index (χ2n) is 6.60. The summed E-state index contributed by atoms with van der Waals surface area (Å²) in [6.45, 7) is 4.29. The molecule has 0 bridgehead atoms. The number of guanidine groups is 1. The molecule has 2 aromatic rings. The number of benzene rings is 1.